The van der Waals surface area contributed by atoms with Crippen LogP contribution < -0.4 is 4.72 Å². The topological polar surface area (TPSA) is 64.0 Å². The third-order valence-electron chi connectivity index (χ3n) is 3.66. The zero-order valence-electron chi connectivity index (χ0n) is 13.1. The predicted molar refractivity (Wildman–Crippen MR) is 82.6 cm³/mol. The van der Waals surface area contributed by atoms with E-state index in [9.17, 15) is 8.42 Å². The van der Waals surface area contributed by atoms with Gasteiger partial charge in [0.05, 0.1) is 11.1 Å². The van der Waals surface area contributed by atoms with E-state index in [0.29, 0.717) is 4.90 Å². The van der Waals surface area contributed by atoms with Crippen molar-refractivity contribution in [2.75, 3.05) is 0 Å². The largest absolute Gasteiger partial charge is 0.273 e. The van der Waals surface area contributed by atoms with Gasteiger partial charge < -0.3 is 0 Å². The van der Waals surface area contributed by atoms with E-state index >= 15 is 0 Å². The molecule has 0 atom stereocenters. The Morgan fingerprint density at radius 1 is 1.14 bits per heavy atom. The molecule has 1 heterocycles. The number of hydrogen-bond donors (Lipinski definition) is 1. The van der Waals surface area contributed by atoms with Gasteiger partial charge in [-0.2, -0.15) is 5.10 Å². The highest BCUT2D eigenvalue weighted by molar-refractivity contribution is 7.89. The average Bonchev–Trinajstić information content (AvgIpc) is 2.66. The van der Waals surface area contributed by atoms with Crippen LogP contribution in [0.1, 0.15) is 27.9 Å². The molecule has 1 N–H and O–H groups in total. The molecule has 0 bridgehead atoms. The summed E-state index contributed by atoms with van der Waals surface area (Å²) in [7, 11) is -1.70. The molecule has 2 rings (SSSR count). The van der Waals surface area contributed by atoms with Crippen molar-refractivity contribution < 1.29 is 8.42 Å². The summed E-state index contributed by atoms with van der Waals surface area (Å²) in [4.78, 5) is 0.370. The highest BCUT2D eigenvalue weighted by Crippen LogP contribution is 2.22. The Morgan fingerprint density at radius 3 is 2.19 bits per heavy atom. The summed E-state index contributed by atoms with van der Waals surface area (Å²) in [6.45, 7) is 7.77. The molecule has 0 saturated heterocycles. The maximum Gasteiger partial charge on any atom is 0.241 e. The van der Waals surface area contributed by atoms with E-state index in [1.54, 1.807) is 10.9 Å². The molecule has 21 heavy (non-hydrogen) atoms. The normalized spacial score (nSPS) is 11.9. The van der Waals surface area contributed by atoms with Crippen molar-refractivity contribution in [1.82, 2.24) is 14.5 Å². The van der Waals surface area contributed by atoms with Crippen molar-refractivity contribution in [2.24, 2.45) is 7.05 Å². The van der Waals surface area contributed by atoms with Crippen LogP contribution in [0.5, 0.6) is 0 Å². The smallest absolute Gasteiger partial charge is 0.241 e. The van der Waals surface area contributed by atoms with Gasteiger partial charge in [0.15, 0.2) is 0 Å². The second kappa shape index (κ2) is 5.61. The van der Waals surface area contributed by atoms with Crippen molar-refractivity contribution >= 4 is 10.0 Å². The quantitative estimate of drug-likeness (QED) is 0.941. The Hall–Kier alpha value is -1.66. The first-order chi connectivity index (χ1) is 9.72. The molecule has 0 amide bonds. The fourth-order valence-electron chi connectivity index (χ4n) is 2.55. The Morgan fingerprint density at radius 2 is 1.71 bits per heavy atom. The lowest BCUT2D eigenvalue weighted by molar-refractivity contribution is 0.579. The van der Waals surface area contributed by atoms with Gasteiger partial charge in [-0.25, -0.2) is 13.1 Å². The summed E-state index contributed by atoms with van der Waals surface area (Å²) in [5.74, 6) is 0. The molecular weight excluding hydrogens is 286 g/mol. The summed E-state index contributed by atoms with van der Waals surface area (Å²) in [6.07, 6.45) is 1.69. The number of aromatic nitrogens is 2. The minimum Gasteiger partial charge on any atom is -0.273 e. The van der Waals surface area contributed by atoms with E-state index in [1.165, 1.54) is 0 Å². The molecule has 0 unspecified atom stereocenters. The van der Waals surface area contributed by atoms with Crippen LogP contribution in [0.25, 0.3) is 0 Å². The highest BCUT2D eigenvalue weighted by atomic mass is 32.2. The van der Waals surface area contributed by atoms with Gasteiger partial charge in [-0.15, -0.1) is 0 Å². The molecule has 1 aromatic carbocycles. The monoisotopic (exact) mass is 307 g/mol. The summed E-state index contributed by atoms with van der Waals surface area (Å²) in [5, 5.41) is 4.12. The number of nitrogens with zero attached hydrogens (tertiary/aromatic N) is 2. The van der Waals surface area contributed by atoms with E-state index in [2.05, 4.69) is 9.82 Å². The van der Waals surface area contributed by atoms with Crippen molar-refractivity contribution in [3.63, 3.8) is 0 Å². The molecule has 0 aliphatic carbocycles. The van der Waals surface area contributed by atoms with Crippen LogP contribution in [0, 0.1) is 27.7 Å². The highest BCUT2D eigenvalue weighted by Gasteiger charge is 2.20. The molecule has 1 aromatic heterocycles. The second-order valence-electron chi connectivity index (χ2n) is 5.43. The van der Waals surface area contributed by atoms with E-state index in [1.807, 2.05) is 46.9 Å². The van der Waals surface area contributed by atoms with Gasteiger partial charge in [-0.1, -0.05) is 17.7 Å². The van der Waals surface area contributed by atoms with Gasteiger partial charge in [0.25, 0.3) is 0 Å². The Bertz CT molecular complexity index is 753. The van der Waals surface area contributed by atoms with Crippen molar-refractivity contribution in [2.45, 2.75) is 39.1 Å². The molecule has 0 saturated carbocycles. The number of aryl methyl sites for hydroxylation is 4. The first-order valence-corrected chi connectivity index (χ1v) is 8.25. The fraction of sp³-hybridized carbons (Fsp3) is 0.400. The van der Waals surface area contributed by atoms with Crippen LogP contribution in [-0.2, 0) is 23.6 Å². The van der Waals surface area contributed by atoms with E-state index in [0.717, 1.165) is 27.9 Å². The van der Waals surface area contributed by atoms with E-state index in [-0.39, 0.29) is 6.54 Å². The summed E-state index contributed by atoms with van der Waals surface area (Å²) >= 11 is 0. The van der Waals surface area contributed by atoms with Crippen LogP contribution >= 0.6 is 0 Å². The van der Waals surface area contributed by atoms with E-state index in [4.69, 9.17) is 0 Å². The fourth-order valence-corrected chi connectivity index (χ4v) is 4.01. The third kappa shape index (κ3) is 3.16. The number of sulfonamides is 1. The third-order valence-corrected chi connectivity index (χ3v) is 5.37. The second-order valence-corrected chi connectivity index (χ2v) is 7.14. The lowest BCUT2D eigenvalue weighted by Gasteiger charge is -2.13. The van der Waals surface area contributed by atoms with Crippen LogP contribution in [0.4, 0.5) is 0 Å². The Labute approximate surface area is 126 Å². The SMILES string of the molecule is Cc1cc(C)c(S(=O)(=O)NCc2cnn(C)c2C)c(C)c1. The van der Waals surface area contributed by atoms with Gasteiger partial charge in [0, 0.05) is 24.8 Å². The minimum atomic E-state index is -3.53. The number of benzene rings is 1. The molecule has 0 fully saturated rings. The maximum absolute atomic E-state index is 12.5. The van der Waals surface area contributed by atoms with Crippen LogP contribution in [0.3, 0.4) is 0 Å². The number of hydrogen-bond acceptors (Lipinski definition) is 3. The molecule has 0 radical (unpaired) electrons. The van der Waals surface area contributed by atoms with Gasteiger partial charge in [-0.3, -0.25) is 4.68 Å². The lowest BCUT2D eigenvalue weighted by Crippen LogP contribution is -2.25. The number of rotatable bonds is 4. The summed E-state index contributed by atoms with van der Waals surface area (Å²) in [6, 6.07) is 3.77. The lowest BCUT2D eigenvalue weighted by atomic mass is 10.1. The van der Waals surface area contributed by atoms with Crippen LogP contribution in [-0.4, -0.2) is 18.2 Å². The molecule has 114 valence electrons. The Kier molecular flexibility index (Phi) is 4.20. The molecule has 5 nitrogen and oxygen atoms in total. The zero-order valence-corrected chi connectivity index (χ0v) is 13.9. The first-order valence-electron chi connectivity index (χ1n) is 6.77. The van der Waals surface area contributed by atoms with Gasteiger partial charge >= 0.3 is 0 Å². The van der Waals surface area contributed by atoms with Gasteiger partial charge in [0.2, 0.25) is 10.0 Å². The van der Waals surface area contributed by atoms with Crippen molar-refractivity contribution in [1.29, 1.82) is 0 Å². The predicted octanol–water partition coefficient (Wildman–Crippen LogP) is 2.13. The van der Waals surface area contributed by atoms with Gasteiger partial charge in [0.1, 0.15) is 0 Å². The molecule has 2 aromatic rings. The molecule has 0 spiro atoms. The minimum absolute atomic E-state index is 0.245. The Balaban J connectivity index is 2.29. The maximum atomic E-state index is 12.5. The van der Waals surface area contributed by atoms with Crippen LogP contribution in [0.2, 0.25) is 0 Å². The molecule has 0 aliphatic rings. The standard InChI is InChI=1S/C15H21N3O2S/c1-10-6-11(2)15(12(3)7-10)21(19,20)17-9-14-8-16-18(5)13(14)4/h6-8,17H,9H2,1-5H3. The zero-order chi connectivity index (χ0) is 15.8. The molecule has 6 heteroatoms. The average molecular weight is 307 g/mol. The molecule has 0 aliphatic heterocycles. The van der Waals surface area contributed by atoms with Crippen molar-refractivity contribution in [3.8, 4) is 0 Å². The first kappa shape index (κ1) is 15.7. The summed E-state index contributed by atoms with van der Waals surface area (Å²) < 4.78 is 29.5. The van der Waals surface area contributed by atoms with E-state index < -0.39 is 10.0 Å². The molecular formula is C15H21N3O2S. The number of nitrogens with one attached hydrogen (secondary N) is 1. The van der Waals surface area contributed by atoms with Crippen LogP contribution in [0.15, 0.2) is 23.2 Å². The van der Waals surface area contributed by atoms with Gasteiger partial charge in [-0.05, 0) is 38.8 Å². The van der Waals surface area contributed by atoms with Crippen molar-refractivity contribution in [3.05, 3.63) is 46.3 Å². The summed E-state index contributed by atoms with van der Waals surface area (Å²) in [5.41, 5.74) is 4.43.